The molecule has 0 fully saturated rings. The summed E-state index contributed by atoms with van der Waals surface area (Å²) in [6.45, 7) is -5.17. The van der Waals surface area contributed by atoms with Gasteiger partial charge in [-0.2, -0.15) is 0 Å². The summed E-state index contributed by atoms with van der Waals surface area (Å²) >= 11 is 5.46. The van der Waals surface area contributed by atoms with Crippen LogP contribution >= 0.6 is 11.6 Å². The average Bonchev–Trinajstić information content (AvgIpc) is 2.14. The quantitative estimate of drug-likeness (QED) is 0.521. The Morgan fingerprint density at radius 2 is 1.88 bits per heavy atom. The fourth-order valence-corrected chi connectivity index (χ4v) is 1.28. The molecule has 0 radical (unpaired) electrons. The SMILES string of the molecule is COC(=O)c1cc(Cl)cc([B-](F)(F)F)c1.[K+]. The number of rotatable bonds is 2. The van der Waals surface area contributed by atoms with Crippen LogP contribution in [0.1, 0.15) is 10.4 Å². The molecule has 0 saturated heterocycles. The molecular weight excluding hydrogens is 270 g/mol. The molecule has 0 aliphatic rings. The molecule has 0 N–H and O–H groups in total. The van der Waals surface area contributed by atoms with Crippen molar-refractivity contribution in [3.05, 3.63) is 28.8 Å². The summed E-state index contributed by atoms with van der Waals surface area (Å²) in [4.78, 5) is 11.0. The molecular formula is C8H6BClF3KO2. The fraction of sp³-hybridized carbons (Fsp3) is 0.125. The van der Waals surface area contributed by atoms with Crippen molar-refractivity contribution in [3.8, 4) is 0 Å². The van der Waals surface area contributed by atoms with Gasteiger partial charge < -0.3 is 17.7 Å². The first kappa shape index (κ1) is 16.5. The van der Waals surface area contributed by atoms with E-state index in [9.17, 15) is 17.7 Å². The van der Waals surface area contributed by atoms with Gasteiger partial charge in [0.15, 0.2) is 0 Å². The third-order valence-corrected chi connectivity index (χ3v) is 1.94. The summed E-state index contributed by atoms with van der Waals surface area (Å²) in [7, 11) is 1.08. The van der Waals surface area contributed by atoms with E-state index >= 15 is 0 Å². The first-order valence-electron chi connectivity index (χ1n) is 3.93. The van der Waals surface area contributed by atoms with Crippen molar-refractivity contribution in [2.75, 3.05) is 7.11 Å². The minimum Gasteiger partial charge on any atom is -0.465 e. The van der Waals surface area contributed by atoms with Gasteiger partial charge in [-0.15, -0.1) is 5.46 Å². The minimum atomic E-state index is -5.17. The molecule has 16 heavy (non-hydrogen) atoms. The number of ether oxygens (including phenoxy) is 1. The first-order chi connectivity index (χ1) is 6.84. The maximum atomic E-state index is 12.4. The molecule has 0 spiro atoms. The Morgan fingerprint density at radius 1 is 1.31 bits per heavy atom. The maximum Gasteiger partial charge on any atom is 1.00 e. The van der Waals surface area contributed by atoms with Crippen LogP contribution in [0.25, 0.3) is 0 Å². The van der Waals surface area contributed by atoms with E-state index < -0.39 is 18.4 Å². The molecule has 8 heteroatoms. The Morgan fingerprint density at radius 3 is 2.31 bits per heavy atom. The molecule has 0 aliphatic carbocycles. The average molecular weight is 276 g/mol. The van der Waals surface area contributed by atoms with Crippen molar-refractivity contribution in [1.82, 2.24) is 0 Å². The summed E-state index contributed by atoms with van der Waals surface area (Å²) in [6.07, 6.45) is 0. The molecule has 0 unspecified atom stereocenters. The number of benzene rings is 1. The third kappa shape index (κ3) is 4.39. The zero-order valence-electron chi connectivity index (χ0n) is 8.64. The van der Waals surface area contributed by atoms with Crippen molar-refractivity contribution in [3.63, 3.8) is 0 Å². The van der Waals surface area contributed by atoms with Crippen molar-refractivity contribution < 1.29 is 73.9 Å². The molecule has 0 amide bonds. The standard InChI is InChI=1S/C8H6BClF3O2.K/c1-15-8(14)5-2-6(9(11,12)13)4-7(10)3-5;/h2-4H,1H3;/q-1;+1. The second-order valence-corrected chi connectivity index (χ2v) is 3.28. The van der Waals surface area contributed by atoms with E-state index in [1.54, 1.807) is 0 Å². The molecule has 1 rings (SSSR count). The van der Waals surface area contributed by atoms with Gasteiger partial charge in [-0.25, -0.2) is 4.79 Å². The van der Waals surface area contributed by atoms with Gasteiger partial charge in [0, 0.05) is 5.02 Å². The second-order valence-electron chi connectivity index (χ2n) is 2.84. The Hall–Kier alpha value is 0.471. The van der Waals surface area contributed by atoms with Crippen molar-refractivity contribution in [2.45, 2.75) is 0 Å². The number of halogens is 4. The summed E-state index contributed by atoms with van der Waals surface area (Å²) in [5, 5.41) is -0.146. The van der Waals surface area contributed by atoms with Crippen molar-refractivity contribution in [1.29, 1.82) is 0 Å². The van der Waals surface area contributed by atoms with Crippen LogP contribution in [0.15, 0.2) is 18.2 Å². The Labute approximate surface area is 138 Å². The van der Waals surface area contributed by atoms with Gasteiger partial charge in [-0.1, -0.05) is 23.7 Å². The van der Waals surface area contributed by atoms with Crippen LogP contribution in [0.2, 0.25) is 5.02 Å². The molecule has 0 atom stereocenters. The van der Waals surface area contributed by atoms with E-state index in [2.05, 4.69) is 4.74 Å². The summed E-state index contributed by atoms with van der Waals surface area (Å²) < 4.78 is 41.4. The maximum absolute atomic E-state index is 12.4. The zero-order valence-corrected chi connectivity index (χ0v) is 12.5. The number of hydrogen-bond donors (Lipinski definition) is 0. The predicted octanol–water partition coefficient (Wildman–Crippen LogP) is -0.815. The second kappa shape index (κ2) is 6.42. The summed E-state index contributed by atoms with van der Waals surface area (Å²) in [6, 6.07) is 2.62. The molecule has 0 aromatic heterocycles. The van der Waals surface area contributed by atoms with Gasteiger partial charge in [0.05, 0.1) is 12.7 Å². The monoisotopic (exact) mass is 276 g/mol. The van der Waals surface area contributed by atoms with Crippen LogP contribution in [0.4, 0.5) is 12.9 Å². The summed E-state index contributed by atoms with van der Waals surface area (Å²) in [5.74, 6) is -0.848. The van der Waals surface area contributed by atoms with Gasteiger partial charge in [0.1, 0.15) is 0 Å². The van der Waals surface area contributed by atoms with Gasteiger partial charge in [0.25, 0.3) is 0 Å². The number of hydrogen-bond acceptors (Lipinski definition) is 2. The van der Waals surface area contributed by atoms with Gasteiger partial charge >= 0.3 is 64.3 Å². The molecule has 1 aromatic carbocycles. The van der Waals surface area contributed by atoms with E-state index in [-0.39, 0.29) is 62.0 Å². The van der Waals surface area contributed by atoms with Crippen LogP contribution in [-0.4, -0.2) is 20.1 Å². The molecule has 1 aromatic rings. The Bertz CT molecular complexity index is 397. The largest absolute Gasteiger partial charge is 1.00 e. The summed E-state index contributed by atoms with van der Waals surface area (Å²) in [5.41, 5.74) is -1.12. The third-order valence-electron chi connectivity index (χ3n) is 1.72. The molecule has 0 aliphatic heterocycles. The van der Waals surface area contributed by atoms with Crippen LogP contribution in [0.5, 0.6) is 0 Å². The molecule has 0 saturated carbocycles. The molecule has 82 valence electrons. The Balaban J connectivity index is 0.00000225. The molecule has 0 heterocycles. The van der Waals surface area contributed by atoms with Crippen LogP contribution in [0.3, 0.4) is 0 Å². The topological polar surface area (TPSA) is 26.3 Å². The Kier molecular flexibility index (Phi) is 6.61. The van der Waals surface area contributed by atoms with E-state index in [0.29, 0.717) is 0 Å². The van der Waals surface area contributed by atoms with E-state index in [1.165, 1.54) is 0 Å². The predicted molar refractivity (Wildman–Crippen MR) is 51.5 cm³/mol. The number of carbonyl (C=O) groups is 1. The minimum absolute atomic E-state index is 0. The van der Waals surface area contributed by atoms with E-state index in [1.807, 2.05) is 0 Å². The van der Waals surface area contributed by atoms with Crippen LogP contribution in [0, 0.1) is 0 Å². The molecule has 2 nitrogen and oxygen atoms in total. The van der Waals surface area contributed by atoms with Crippen molar-refractivity contribution >= 4 is 30.0 Å². The zero-order chi connectivity index (χ0) is 11.6. The normalized spacial score (nSPS) is 10.6. The fourth-order valence-electron chi connectivity index (χ4n) is 1.04. The first-order valence-corrected chi connectivity index (χ1v) is 4.31. The van der Waals surface area contributed by atoms with E-state index in [4.69, 9.17) is 11.6 Å². The smallest absolute Gasteiger partial charge is 0.465 e. The number of esters is 1. The van der Waals surface area contributed by atoms with E-state index in [0.717, 1.165) is 25.3 Å². The van der Waals surface area contributed by atoms with Crippen molar-refractivity contribution in [2.24, 2.45) is 0 Å². The molecule has 0 bridgehead atoms. The van der Waals surface area contributed by atoms with Gasteiger partial charge in [-0.05, 0) is 6.07 Å². The number of methoxy groups -OCH3 is 1. The van der Waals surface area contributed by atoms with Crippen LogP contribution in [-0.2, 0) is 4.74 Å². The van der Waals surface area contributed by atoms with Gasteiger partial charge in [0.2, 0.25) is 0 Å². The number of carbonyl (C=O) groups excluding carboxylic acids is 1. The van der Waals surface area contributed by atoms with Gasteiger partial charge in [-0.3, -0.25) is 0 Å². The van der Waals surface area contributed by atoms with Crippen LogP contribution < -0.4 is 56.8 Å².